The van der Waals surface area contributed by atoms with Gasteiger partial charge >= 0.3 is 0 Å². The fraction of sp³-hybridized carbons (Fsp3) is 0.385. The first-order valence-corrected chi connectivity index (χ1v) is 12.1. The van der Waals surface area contributed by atoms with Gasteiger partial charge in [-0.15, -0.1) is 5.10 Å². The number of H-pyrrole nitrogens is 1. The Balaban J connectivity index is 1.46. The lowest BCUT2D eigenvalue weighted by atomic mass is 9.96. The molecule has 4 heterocycles. The van der Waals surface area contributed by atoms with Crippen LogP contribution in [0.2, 0.25) is 0 Å². The molecule has 1 saturated heterocycles. The number of aromatic nitrogens is 5. The Morgan fingerprint density at radius 3 is 2.91 bits per heavy atom. The molecule has 1 fully saturated rings. The van der Waals surface area contributed by atoms with E-state index in [2.05, 4.69) is 49.7 Å². The molecule has 0 spiro atoms. The second-order valence-corrected chi connectivity index (χ2v) is 9.25. The molecule has 0 amide bonds. The summed E-state index contributed by atoms with van der Waals surface area (Å²) >= 11 is 0. The quantitative estimate of drug-likeness (QED) is 0.461. The molecule has 0 saturated carbocycles. The molecule has 4 aromatic rings. The van der Waals surface area contributed by atoms with Crippen molar-refractivity contribution in [1.82, 2.24) is 30.1 Å². The van der Waals surface area contributed by atoms with Crippen molar-refractivity contribution in [2.75, 3.05) is 20.3 Å². The van der Waals surface area contributed by atoms with Crippen molar-refractivity contribution in [3.8, 4) is 5.75 Å². The van der Waals surface area contributed by atoms with E-state index in [0.29, 0.717) is 24.5 Å². The molecule has 180 valence electrons. The number of tetrazole rings is 1. The molecule has 0 unspecified atom stereocenters. The zero-order valence-corrected chi connectivity index (χ0v) is 19.7. The number of aromatic amines is 1. The van der Waals surface area contributed by atoms with Gasteiger partial charge in [0.2, 0.25) is 0 Å². The van der Waals surface area contributed by atoms with Gasteiger partial charge < -0.3 is 14.5 Å². The lowest BCUT2D eigenvalue weighted by Crippen LogP contribution is -2.39. The number of hydrogen-bond donors (Lipinski definition) is 1. The molecule has 2 aromatic heterocycles. The van der Waals surface area contributed by atoms with Gasteiger partial charge in [0.05, 0.1) is 19.8 Å². The van der Waals surface area contributed by atoms with Gasteiger partial charge in [0.25, 0.3) is 5.56 Å². The Hall–Kier alpha value is -3.56. The largest absolute Gasteiger partial charge is 0.497 e. The number of rotatable bonds is 6. The van der Waals surface area contributed by atoms with Gasteiger partial charge in [0, 0.05) is 36.2 Å². The van der Waals surface area contributed by atoms with Crippen molar-refractivity contribution in [1.29, 1.82) is 0 Å². The molecule has 9 nitrogen and oxygen atoms in total. The first kappa shape index (κ1) is 21.9. The van der Waals surface area contributed by atoms with Gasteiger partial charge in [-0.3, -0.25) is 9.69 Å². The zero-order chi connectivity index (χ0) is 23.8. The summed E-state index contributed by atoms with van der Waals surface area (Å²) in [7, 11) is 1.64. The Bertz CT molecular complexity index is 1410. The van der Waals surface area contributed by atoms with E-state index in [-0.39, 0.29) is 11.7 Å². The SMILES string of the molecule is COc1ccc2[nH]c(=O)c([C@H](c3nnnn3C[C@@H]3CCCO3)N3CCc4ccccc4C3)cc2c1. The average Bonchev–Trinajstić information content (AvgIpc) is 3.57. The van der Waals surface area contributed by atoms with Gasteiger partial charge in [-0.1, -0.05) is 24.3 Å². The van der Waals surface area contributed by atoms with Crippen LogP contribution in [-0.4, -0.2) is 56.5 Å². The summed E-state index contributed by atoms with van der Waals surface area (Å²) in [5.74, 6) is 1.40. The normalized spacial score (nSPS) is 19.1. The topological polar surface area (TPSA) is 98.2 Å². The van der Waals surface area contributed by atoms with E-state index < -0.39 is 6.04 Å². The van der Waals surface area contributed by atoms with Gasteiger partial charge in [-0.25, -0.2) is 4.68 Å². The maximum atomic E-state index is 13.5. The number of fused-ring (bicyclic) bond motifs is 2. The lowest BCUT2D eigenvalue weighted by Gasteiger charge is -2.35. The number of methoxy groups -OCH3 is 1. The smallest absolute Gasteiger partial charge is 0.253 e. The predicted octanol–water partition coefficient (Wildman–Crippen LogP) is 2.85. The monoisotopic (exact) mass is 472 g/mol. The molecule has 0 radical (unpaired) electrons. The van der Waals surface area contributed by atoms with Crippen molar-refractivity contribution >= 4 is 10.9 Å². The molecule has 0 bridgehead atoms. The fourth-order valence-electron chi connectivity index (χ4n) is 5.29. The van der Waals surface area contributed by atoms with E-state index >= 15 is 0 Å². The van der Waals surface area contributed by atoms with E-state index in [1.165, 1.54) is 11.1 Å². The highest BCUT2D eigenvalue weighted by Crippen LogP contribution is 2.32. The summed E-state index contributed by atoms with van der Waals surface area (Å²) in [5, 5.41) is 13.7. The zero-order valence-electron chi connectivity index (χ0n) is 19.7. The van der Waals surface area contributed by atoms with Gasteiger partial charge in [-0.2, -0.15) is 0 Å². The van der Waals surface area contributed by atoms with Crippen LogP contribution in [0, 0.1) is 0 Å². The third kappa shape index (κ3) is 4.21. The minimum atomic E-state index is -0.404. The maximum Gasteiger partial charge on any atom is 0.253 e. The van der Waals surface area contributed by atoms with E-state index in [1.54, 1.807) is 7.11 Å². The molecule has 1 N–H and O–H groups in total. The number of ether oxygens (including phenoxy) is 2. The molecule has 2 aliphatic rings. The standard InChI is InChI=1S/C26H28N6O3/c1-34-20-8-9-23-19(13-20)14-22(26(33)27-23)24(31-11-10-17-5-2-3-6-18(17)15-31)25-28-29-30-32(25)16-21-7-4-12-35-21/h2-3,5-6,8-9,13-14,21,24H,4,7,10-12,15-16H2,1H3,(H,27,33)/t21-,24+/m0/s1. The highest BCUT2D eigenvalue weighted by molar-refractivity contribution is 5.80. The van der Waals surface area contributed by atoms with Crippen LogP contribution in [0.25, 0.3) is 10.9 Å². The second kappa shape index (κ2) is 9.24. The van der Waals surface area contributed by atoms with Crippen molar-refractivity contribution in [2.24, 2.45) is 0 Å². The van der Waals surface area contributed by atoms with Crippen molar-refractivity contribution in [3.63, 3.8) is 0 Å². The maximum absolute atomic E-state index is 13.5. The Labute approximate surface area is 202 Å². The van der Waals surface area contributed by atoms with E-state index in [0.717, 1.165) is 49.1 Å². The van der Waals surface area contributed by atoms with Crippen LogP contribution < -0.4 is 10.3 Å². The van der Waals surface area contributed by atoms with Gasteiger partial charge in [-0.05, 0) is 65.1 Å². The summed E-state index contributed by atoms with van der Waals surface area (Å²) in [6.07, 6.45) is 3.01. The Morgan fingerprint density at radius 2 is 2.09 bits per heavy atom. The Morgan fingerprint density at radius 1 is 1.20 bits per heavy atom. The summed E-state index contributed by atoms with van der Waals surface area (Å²) in [6, 6.07) is 15.7. The van der Waals surface area contributed by atoms with Crippen LogP contribution in [0.5, 0.6) is 5.75 Å². The average molecular weight is 473 g/mol. The number of benzene rings is 2. The van der Waals surface area contributed by atoms with Crippen LogP contribution in [0.1, 0.15) is 41.4 Å². The van der Waals surface area contributed by atoms with Gasteiger partial charge in [0.15, 0.2) is 5.82 Å². The molecule has 0 aliphatic carbocycles. The molecule has 2 aliphatic heterocycles. The molecule has 35 heavy (non-hydrogen) atoms. The number of pyridine rings is 1. The van der Waals surface area contributed by atoms with Crippen molar-refractivity contribution in [2.45, 2.75) is 44.5 Å². The van der Waals surface area contributed by atoms with Crippen LogP contribution in [0.3, 0.4) is 0 Å². The molecular weight excluding hydrogens is 444 g/mol. The van der Waals surface area contributed by atoms with E-state index in [1.807, 2.05) is 28.9 Å². The summed E-state index contributed by atoms with van der Waals surface area (Å²) in [5.41, 5.74) is 3.85. The minimum Gasteiger partial charge on any atom is -0.497 e. The second-order valence-electron chi connectivity index (χ2n) is 9.25. The van der Waals surface area contributed by atoms with Gasteiger partial charge in [0.1, 0.15) is 11.8 Å². The van der Waals surface area contributed by atoms with Crippen LogP contribution in [0.15, 0.2) is 53.3 Å². The first-order valence-electron chi connectivity index (χ1n) is 12.1. The number of hydrogen-bond acceptors (Lipinski definition) is 7. The number of nitrogens with zero attached hydrogens (tertiary/aromatic N) is 5. The molecule has 2 aromatic carbocycles. The highest BCUT2D eigenvalue weighted by Gasteiger charge is 2.33. The van der Waals surface area contributed by atoms with Crippen molar-refractivity contribution in [3.05, 3.63) is 81.4 Å². The molecular formula is C26H28N6O3. The predicted molar refractivity (Wildman–Crippen MR) is 130 cm³/mol. The van der Waals surface area contributed by atoms with E-state index in [4.69, 9.17) is 9.47 Å². The Kier molecular flexibility index (Phi) is 5.79. The molecule has 2 atom stereocenters. The highest BCUT2D eigenvalue weighted by atomic mass is 16.5. The summed E-state index contributed by atoms with van der Waals surface area (Å²) in [4.78, 5) is 18.8. The first-order chi connectivity index (χ1) is 17.2. The van der Waals surface area contributed by atoms with E-state index in [9.17, 15) is 4.79 Å². The third-order valence-electron chi connectivity index (χ3n) is 7.10. The van der Waals surface area contributed by atoms with Crippen LogP contribution in [-0.2, 0) is 24.2 Å². The number of nitrogens with one attached hydrogen (secondary N) is 1. The van der Waals surface area contributed by atoms with Crippen molar-refractivity contribution < 1.29 is 9.47 Å². The van der Waals surface area contributed by atoms with Crippen LogP contribution in [0.4, 0.5) is 0 Å². The lowest BCUT2D eigenvalue weighted by molar-refractivity contribution is 0.0904. The minimum absolute atomic E-state index is 0.0825. The van der Waals surface area contributed by atoms with Crippen LogP contribution >= 0.6 is 0 Å². The summed E-state index contributed by atoms with van der Waals surface area (Å²) < 4.78 is 13.1. The molecule has 6 rings (SSSR count). The summed E-state index contributed by atoms with van der Waals surface area (Å²) in [6.45, 7) is 2.84. The fourth-order valence-corrected chi connectivity index (χ4v) is 5.29. The molecule has 9 heteroatoms. The third-order valence-corrected chi connectivity index (χ3v) is 7.10.